The van der Waals surface area contributed by atoms with Gasteiger partial charge in [-0.3, -0.25) is 14.8 Å². The number of hydrogen-bond acceptors (Lipinski definition) is 5. The lowest BCUT2D eigenvalue weighted by Crippen LogP contribution is -2.26. The van der Waals surface area contributed by atoms with Crippen LogP contribution in [0.1, 0.15) is 49.3 Å². The van der Waals surface area contributed by atoms with Crippen LogP contribution < -0.4 is 10.2 Å². The van der Waals surface area contributed by atoms with Crippen molar-refractivity contribution in [1.82, 2.24) is 5.32 Å². The minimum atomic E-state index is -0.297. The van der Waals surface area contributed by atoms with E-state index in [0.717, 1.165) is 45.8 Å². The molecule has 6 nitrogen and oxygen atoms in total. The van der Waals surface area contributed by atoms with E-state index in [4.69, 9.17) is 27.0 Å². The highest BCUT2D eigenvalue weighted by Crippen LogP contribution is 2.39. The third-order valence-electron chi connectivity index (χ3n) is 7.78. The van der Waals surface area contributed by atoms with Crippen LogP contribution in [0.5, 0.6) is 0 Å². The lowest BCUT2D eigenvalue weighted by atomic mass is 9.82. The fourth-order valence-electron chi connectivity index (χ4n) is 5.29. The Kier molecular flexibility index (Phi) is 9.31. The molecular weight excluding hydrogens is 506 g/mol. The molecule has 2 heterocycles. The van der Waals surface area contributed by atoms with E-state index in [1.165, 1.54) is 0 Å². The highest BCUT2D eigenvalue weighted by atomic mass is 35.5. The molecule has 0 saturated carbocycles. The zero-order valence-corrected chi connectivity index (χ0v) is 24.2. The van der Waals surface area contributed by atoms with Gasteiger partial charge in [-0.25, -0.2) is 0 Å². The van der Waals surface area contributed by atoms with Crippen LogP contribution in [0.4, 0.5) is 5.69 Å². The Morgan fingerprint density at radius 1 is 1.21 bits per heavy atom. The number of carbonyl (C=O) groups excluding carboxylic acids is 1. The molecule has 204 valence electrons. The Labute approximate surface area is 237 Å². The number of aryl methyl sites for hydroxylation is 1. The van der Waals surface area contributed by atoms with Gasteiger partial charge in [-0.05, 0) is 86.2 Å². The number of likely N-dealkylation sites (N-methyl/N-ethyl adjacent to an activating group) is 2. The first kappa shape index (κ1) is 28.7. The predicted octanol–water partition coefficient (Wildman–Crippen LogP) is 6.38. The summed E-state index contributed by atoms with van der Waals surface area (Å²) in [5.74, 6) is -0.172. The Balaban J connectivity index is 1.82. The maximum absolute atomic E-state index is 12.8. The van der Waals surface area contributed by atoms with Gasteiger partial charge in [0.15, 0.2) is 0 Å². The SMILES string of the molecule is CCC1C=NC2=C(C)C(c3cc(N(C)C(=O)C=CCNC)ccc3C)CN=C(c3ccc(Cl)cc3)C2C(=N)C1. The largest absolute Gasteiger partial charge is 0.316 e. The molecule has 0 fully saturated rings. The summed E-state index contributed by atoms with van der Waals surface area (Å²) in [5, 5.41) is 12.8. The first-order valence-corrected chi connectivity index (χ1v) is 13.9. The average molecular weight is 544 g/mol. The van der Waals surface area contributed by atoms with Crippen molar-refractivity contribution in [2.75, 3.05) is 32.1 Å². The second-order valence-electron chi connectivity index (χ2n) is 10.4. The average Bonchev–Trinajstić information content (AvgIpc) is 3.19. The molecule has 2 N–H and O–H groups in total. The first-order chi connectivity index (χ1) is 18.7. The van der Waals surface area contributed by atoms with Gasteiger partial charge in [0, 0.05) is 54.8 Å². The van der Waals surface area contributed by atoms with Gasteiger partial charge < -0.3 is 15.6 Å². The number of aliphatic imine (C=N–C) groups is 2. The van der Waals surface area contributed by atoms with Gasteiger partial charge in [-0.1, -0.05) is 42.8 Å². The molecule has 1 amide bonds. The third kappa shape index (κ3) is 6.29. The maximum Gasteiger partial charge on any atom is 0.250 e. The van der Waals surface area contributed by atoms with Crippen LogP contribution in [-0.4, -0.2) is 50.7 Å². The van der Waals surface area contributed by atoms with Crippen molar-refractivity contribution < 1.29 is 4.79 Å². The molecule has 4 rings (SSSR count). The van der Waals surface area contributed by atoms with E-state index >= 15 is 0 Å². The second-order valence-corrected chi connectivity index (χ2v) is 10.8. The highest BCUT2D eigenvalue weighted by molar-refractivity contribution is 6.30. The molecule has 2 aliphatic heterocycles. The smallest absolute Gasteiger partial charge is 0.250 e. The van der Waals surface area contributed by atoms with Gasteiger partial charge >= 0.3 is 0 Å². The zero-order chi connectivity index (χ0) is 28.1. The lowest BCUT2D eigenvalue weighted by molar-refractivity contribution is -0.113. The maximum atomic E-state index is 12.8. The van der Waals surface area contributed by atoms with Crippen LogP contribution in [0, 0.1) is 24.2 Å². The van der Waals surface area contributed by atoms with Crippen LogP contribution in [-0.2, 0) is 4.79 Å². The molecule has 3 atom stereocenters. The summed E-state index contributed by atoms with van der Waals surface area (Å²) in [6, 6.07) is 13.9. The standard InChI is InChI=1S/C32H38ClN5O/c1-6-22-16-28(34)30-31(36-18-22)21(3)27(19-37-32(30)23-10-12-24(33)13-11-23)26-17-25(14-9-20(26)2)38(5)29(39)8-7-15-35-4/h7-14,17-18,22,27,30,34-35H,6,15-16,19H2,1-5H3. The van der Waals surface area contributed by atoms with Crippen molar-refractivity contribution in [1.29, 1.82) is 5.41 Å². The highest BCUT2D eigenvalue weighted by Gasteiger charge is 2.35. The van der Waals surface area contributed by atoms with Gasteiger partial charge in [0.2, 0.25) is 5.91 Å². The van der Waals surface area contributed by atoms with E-state index in [2.05, 4.69) is 38.2 Å². The monoisotopic (exact) mass is 543 g/mol. The summed E-state index contributed by atoms with van der Waals surface area (Å²) in [5.41, 5.74) is 7.61. The molecule has 2 aliphatic rings. The molecular formula is C32H38ClN5O. The minimum absolute atomic E-state index is 0.0290. The van der Waals surface area contributed by atoms with E-state index in [-0.39, 0.29) is 23.7 Å². The molecule has 0 spiro atoms. The molecule has 39 heavy (non-hydrogen) atoms. The summed E-state index contributed by atoms with van der Waals surface area (Å²) in [4.78, 5) is 24.7. The Morgan fingerprint density at radius 2 is 1.95 bits per heavy atom. The fourth-order valence-corrected chi connectivity index (χ4v) is 5.41. The van der Waals surface area contributed by atoms with Crippen molar-refractivity contribution in [2.45, 2.75) is 39.5 Å². The number of anilines is 1. The number of amides is 1. The molecule has 0 aromatic heterocycles. The molecule has 2 aromatic rings. The van der Waals surface area contributed by atoms with Crippen LogP contribution in [0.2, 0.25) is 5.02 Å². The molecule has 7 heteroatoms. The van der Waals surface area contributed by atoms with E-state index in [1.54, 1.807) is 18.0 Å². The summed E-state index contributed by atoms with van der Waals surface area (Å²) in [6.07, 6.45) is 7.05. The van der Waals surface area contributed by atoms with Crippen LogP contribution in [0.25, 0.3) is 0 Å². The van der Waals surface area contributed by atoms with E-state index < -0.39 is 0 Å². The number of carbonyl (C=O) groups is 1. The number of nitrogens with zero attached hydrogens (tertiary/aromatic N) is 3. The number of halogens is 1. The summed E-state index contributed by atoms with van der Waals surface area (Å²) < 4.78 is 0. The quantitative estimate of drug-likeness (QED) is 0.397. The molecule has 0 bridgehead atoms. The van der Waals surface area contributed by atoms with Gasteiger partial charge in [-0.2, -0.15) is 0 Å². The zero-order valence-electron chi connectivity index (χ0n) is 23.5. The topological polar surface area (TPSA) is 80.9 Å². The van der Waals surface area contributed by atoms with Gasteiger partial charge in [0.05, 0.1) is 17.3 Å². The molecule has 0 saturated heterocycles. The summed E-state index contributed by atoms with van der Waals surface area (Å²) in [6.45, 7) is 7.55. The Hall–Kier alpha value is -3.35. The van der Waals surface area contributed by atoms with Gasteiger partial charge in [0.1, 0.15) is 0 Å². The lowest BCUT2D eigenvalue weighted by Gasteiger charge is -2.24. The van der Waals surface area contributed by atoms with Crippen molar-refractivity contribution >= 4 is 40.8 Å². The van der Waals surface area contributed by atoms with Crippen molar-refractivity contribution in [3.8, 4) is 0 Å². The van der Waals surface area contributed by atoms with E-state index in [0.29, 0.717) is 30.2 Å². The number of fused-ring (bicyclic) bond motifs is 1. The number of allylic oxidation sites excluding steroid dienone is 1. The van der Waals surface area contributed by atoms with E-state index in [1.807, 2.05) is 49.7 Å². The normalized spacial score (nSPS) is 21.4. The molecule has 3 unspecified atom stereocenters. The predicted molar refractivity (Wildman–Crippen MR) is 164 cm³/mol. The molecule has 0 aliphatic carbocycles. The molecule has 0 radical (unpaired) electrons. The van der Waals surface area contributed by atoms with Crippen molar-refractivity contribution in [2.24, 2.45) is 21.8 Å². The summed E-state index contributed by atoms with van der Waals surface area (Å²) in [7, 11) is 3.65. The fraction of sp³-hybridized carbons (Fsp3) is 0.375. The van der Waals surface area contributed by atoms with Gasteiger partial charge in [-0.15, -0.1) is 0 Å². The molecule has 2 aromatic carbocycles. The number of nitrogens with one attached hydrogen (secondary N) is 2. The third-order valence-corrected chi connectivity index (χ3v) is 8.03. The number of hydrogen-bond donors (Lipinski definition) is 2. The van der Waals surface area contributed by atoms with Crippen LogP contribution in [0.15, 0.2) is 75.9 Å². The van der Waals surface area contributed by atoms with Crippen LogP contribution in [0.3, 0.4) is 0 Å². The Morgan fingerprint density at radius 3 is 2.64 bits per heavy atom. The van der Waals surface area contributed by atoms with E-state index in [9.17, 15) is 4.79 Å². The number of rotatable bonds is 7. The summed E-state index contributed by atoms with van der Waals surface area (Å²) >= 11 is 6.20. The Bertz CT molecular complexity index is 1360. The first-order valence-electron chi connectivity index (χ1n) is 13.6. The van der Waals surface area contributed by atoms with Crippen molar-refractivity contribution in [3.63, 3.8) is 0 Å². The van der Waals surface area contributed by atoms with Crippen molar-refractivity contribution in [3.05, 3.63) is 87.6 Å². The van der Waals surface area contributed by atoms with Gasteiger partial charge in [0.25, 0.3) is 0 Å². The minimum Gasteiger partial charge on any atom is -0.316 e. The number of benzene rings is 2. The second kappa shape index (κ2) is 12.7. The van der Waals surface area contributed by atoms with Crippen LogP contribution >= 0.6 is 11.6 Å².